The van der Waals surface area contributed by atoms with Crippen LogP contribution in [-0.2, 0) is 4.74 Å². The molecule has 2 atom stereocenters. The highest BCUT2D eigenvalue weighted by Gasteiger charge is 2.37. The van der Waals surface area contributed by atoms with E-state index in [4.69, 9.17) is 4.74 Å². The molecule has 4 nitrogen and oxygen atoms in total. The Kier molecular flexibility index (Phi) is 3.46. The standard InChI is InChI=1S/C14H16BrN3O/c1-9-7-18(8-14(19-9)10-2-3-10)13-4-11(15)6-17-12(13)5-16/h4,6,9-10,14H,2-3,7-8H2,1H3/t9-,14+/m0/s1. The number of halogens is 1. The molecular formula is C14H16BrN3O. The SMILES string of the molecule is C[C@H]1CN(c2cc(Br)cnc2C#N)C[C@H](C2CC2)O1. The molecule has 100 valence electrons. The van der Waals surface area contributed by atoms with E-state index in [9.17, 15) is 5.26 Å². The molecule has 2 fully saturated rings. The van der Waals surface area contributed by atoms with Crippen LogP contribution in [0.25, 0.3) is 0 Å². The fourth-order valence-corrected chi connectivity index (χ4v) is 2.99. The normalized spacial score (nSPS) is 27.1. The largest absolute Gasteiger partial charge is 0.371 e. The molecule has 0 spiro atoms. The van der Waals surface area contributed by atoms with Crippen molar-refractivity contribution in [2.75, 3.05) is 18.0 Å². The summed E-state index contributed by atoms with van der Waals surface area (Å²) >= 11 is 3.43. The molecule has 1 saturated heterocycles. The fourth-order valence-electron chi connectivity index (χ4n) is 2.67. The van der Waals surface area contributed by atoms with E-state index in [0.29, 0.717) is 17.7 Å². The molecule has 0 radical (unpaired) electrons. The van der Waals surface area contributed by atoms with E-state index in [0.717, 1.165) is 23.2 Å². The third kappa shape index (κ3) is 2.75. The second kappa shape index (κ2) is 5.10. The summed E-state index contributed by atoms with van der Waals surface area (Å²) in [6.45, 7) is 3.77. The monoisotopic (exact) mass is 321 g/mol. The number of nitrogens with zero attached hydrogens (tertiary/aromatic N) is 3. The van der Waals surface area contributed by atoms with Gasteiger partial charge in [0.25, 0.3) is 0 Å². The summed E-state index contributed by atoms with van der Waals surface area (Å²) in [6.07, 6.45) is 4.71. The van der Waals surface area contributed by atoms with Crippen molar-refractivity contribution in [3.63, 3.8) is 0 Å². The summed E-state index contributed by atoms with van der Waals surface area (Å²) in [6, 6.07) is 4.16. The molecule has 1 aromatic rings. The predicted molar refractivity (Wildman–Crippen MR) is 75.9 cm³/mol. The highest BCUT2D eigenvalue weighted by atomic mass is 79.9. The van der Waals surface area contributed by atoms with Crippen molar-refractivity contribution in [3.05, 3.63) is 22.4 Å². The van der Waals surface area contributed by atoms with E-state index >= 15 is 0 Å². The summed E-state index contributed by atoms with van der Waals surface area (Å²) in [4.78, 5) is 6.44. The molecule has 1 saturated carbocycles. The number of anilines is 1. The van der Waals surface area contributed by atoms with Crippen LogP contribution in [0, 0.1) is 17.2 Å². The lowest BCUT2D eigenvalue weighted by Gasteiger charge is -2.38. The maximum absolute atomic E-state index is 9.21. The maximum Gasteiger partial charge on any atom is 0.163 e. The summed E-state index contributed by atoms with van der Waals surface area (Å²) in [5.41, 5.74) is 1.41. The Morgan fingerprint density at radius 3 is 2.95 bits per heavy atom. The van der Waals surface area contributed by atoms with E-state index < -0.39 is 0 Å². The highest BCUT2D eigenvalue weighted by molar-refractivity contribution is 9.10. The first-order chi connectivity index (χ1) is 9.17. The zero-order valence-electron chi connectivity index (χ0n) is 10.8. The Morgan fingerprint density at radius 1 is 1.47 bits per heavy atom. The lowest BCUT2D eigenvalue weighted by atomic mass is 10.1. The Labute approximate surface area is 121 Å². The number of rotatable bonds is 2. The molecule has 1 aromatic heterocycles. The maximum atomic E-state index is 9.21. The lowest BCUT2D eigenvalue weighted by molar-refractivity contribution is -0.0271. The Morgan fingerprint density at radius 2 is 2.26 bits per heavy atom. The van der Waals surface area contributed by atoms with E-state index in [2.05, 4.69) is 38.8 Å². The van der Waals surface area contributed by atoms with E-state index in [1.807, 2.05) is 6.07 Å². The smallest absolute Gasteiger partial charge is 0.163 e. The number of nitriles is 1. The van der Waals surface area contributed by atoms with Gasteiger partial charge in [0, 0.05) is 23.8 Å². The number of aromatic nitrogens is 1. The molecule has 2 heterocycles. The van der Waals surface area contributed by atoms with Crippen LogP contribution in [0.15, 0.2) is 16.7 Å². The molecule has 1 aliphatic heterocycles. The molecule has 2 aliphatic rings. The van der Waals surface area contributed by atoms with Gasteiger partial charge in [0.05, 0.1) is 17.9 Å². The zero-order valence-corrected chi connectivity index (χ0v) is 12.4. The van der Waals surface area contributed by atoms with Crippen molar-refractivity contribution < 1.29 is 4.74 Å². The van der Waals surface area contributed by atoms with Gasteiger partial charge in [-0.25, -0.2) is 4.98 Å². The van der Waals surface area contributed by atoms with Crippen LogP contribution >= 0.6 is 15.9 Å². The highest BCUT2D eigenvalue weighted by Crippen LogP contribution is 2.38. The van der Waals surface area contributed by atoms with E-state index in [-0.39, 0.29) is 6.10 Å². The van der Waals surface area contributed by atoms with E-state index in [1.165, 1.54) is 12.8 Å². The predicted octanol–water partition coefficient (Wildman–Crippen LogP) is 2.72. The van der Waals surface area contributed by atoms with Gasteiger partial charge in [-0.05, 0) is 47.7 Å². The fraction of sp³-hybridized carbons (Fsp3) is 0.571. The number of hydrogen-bond donors (Lipinski definition) is 0. The van der Waals surface area contributed by atoms with Gasteiger partial charge in [-0.15, -0.1) is 0 Å². The van der Waals surface area contributed by atoms with Crippen LogP contribution in [0.2, 0.25) is 0 Å². The minimum atomic E-state index is 0.199. The number of hydrogen-bond acceptors (Lipinski definition) is 4. The minimum absolute atomic E-state index is 0.199. The molecule has 3 rings (SSSR count). The van der Waals surface area contributed by atoms with Crippen LogP contribution in [-0.4, -0.2) is 30.3 Å². The van der Waals surface area contributed by atoms with Crippen molar-refractivity contribution in [3.8, 4) is 6.07 Å². The summed E-state index contributed by atoms with van der Waals surface area (Å²) in [5.74, 6) is 0.705. The first-order valence-corrected chi connectivity index (χ1v) is 7.42. The van der Waals surface area contributed by atoms with Crippen molar-refractivity contribution >= 4 is 21.6 Å². The molecule has 0 unspecified atom stereocenters. The molecule has 1 aliphatic carbocycles. The quantitative estimate of drug-likeness (QED) is 0.840. The Bertz CT molecular complexity index is 524. The van der Waals surface area contributed by atoms with Crippen LogP contribution in [0.5, 0.6) is 0 Å². The molecule has 19 heavy (non-hydrogen) atoms. The molecule has 0 bridgehead atoms. The van der Waals surface area contributed by atoms with Crippen LogP contribution in [0.4, 0.5) is 5.69 Å². The van der Waals surface area contributed by atoms with Gasteiger partial charge in [-0.1, -0.05) is 0 Å². The number of morpholine rings is 1. The number of pyridine rings is 1. The average Bonchev–Trinajstić information content (AvgIpc) is 3.22. The molecule has 0 N–H and O–H groups in total. The molecular weight excluding hydrogens is 306 g/mol. The molecule has 0 aromatic carbocycles. The summed E-state index contributed by atoms with van der Waals surface area (Å²) in [5, 5.41) is 9.21. The molecule has 0 amide bonds. The average molecular weight is 322 g/mol. The summed E-state index contributed by atoms with van der Waals surface area (Å²) in [7, 11) is 0. The van der Waals surface area contributed by atoms with Crippen molar-refractivity contribution in [1.29, 1.82) is 5.26 Å². The summed E-state index contributed by atoms with van der Waals surface area (Å²) < 4.78 is 6.92. The first kappa shape index (κ1) is 12.9. The third-order valence-electron chi connectivity index (χ3n) is 3.71. The Hall–Kier alpha value is -1.12. The van der Waals surface area contributed by atoms with Crippen LogP contribution in [0.1, 0.15) is 25.5 Å². The van der Waals surface area contributed by atoms with Crippen LogP contribution < -0.4 is 4.90 Å². The number of ether oxygens (including phenoxy) is 1. The Balaban J connectivity index is 1.88. The van der Waals surface area contributed by atoms with Gasteiger partial charge in [0.2, 0.25) is 0 Å². The van der Waals surface area contributed by atoms with Gasteiger partial charge in [-0.3, -0.25) is 0 Å². The lowest BCUT2D eigenvalue weighted by Crippen LogP contribution is -2.47. The minimum Gasteiger partial charge on any atom is -0.371 e. The van der Waals surface area contributed by atoms with Crippen LogP contribution in [0.3, 0.4) is 0 Å². The van der Waals surface area contributed by atoms with Crippen molar-refractivity contribution in [2.24, 2.45) is 5.92 Å². The third-order valence-corrected chi connectivity index (χ3v) is 4.15. The van der Waals surface area contributed by atoms with E-state index in [1.54, 1.807) is 6.20 Å². The first-order valence-electron chi connectivity index (χ1n) is 6.63. The zero-order chi connectivity index (χ0) is 13.4. The topological polar surface area (TPSA) is 49.2 Å². The van der Waals surface area contributed by atoms with Gasteiger partial charge in [-0.2, -0.15) is 5.26 Å². The van der Waals surface area contributed by atoms with Gasteiger partial charge >= 0.3 is 0 Å². The van der Waals surface area contributed by atoms with Gasteiger partial charge < -0.3 is 9.64 Å². The second-order valence-corrected chi connectivity index (χ2v) is 6.28. The van der Waals surface area contributed by atoms with Gasteiger partial charge in [0.1, 0.15) is 6.07 Å². The second-order valence-electron chi connectivity index (χ2n) is 5.36. The van der Waals surface area contributed by atoms with Crippen molar-refractivity contribution in [1.82, 2.24) is 4.98 Å². The molecule has 5 heteroatoms. The van der Waals surface area contributed by atoms with Crippen molar-refractivity contribution in [2.45, 2.75) is 32.0 Å². The van der Waals surface area contributed by atoms with Gasteiger partial charge in [0.15, 0.2) is 5.69 Å².